The van der Waals surface area contributed by atoms with E-state index < -0.39 is 17.8 Å². The van der Waals surface area contributed by atoms with E-state index in [1.807, 2.05) is 13.0 Å². The van der Waals surface area contributed by atoms with Gasteiger partial charge in [-0.15, -0.1) is 5.59 Å². The van der Waals surface area contributed by atoms with Crippen molar-refractivity contribution in [1.29, 1.82) is 0 Å². The predicted octanol–water partition coefficient (Wildman–Crippen LogP) is 5.56. The lowest BCUT2D eigenvalue weighted by Crippen LogP contribution is -2.41. The summed E-state index contributed by atoms with van der Waals surface area (Å²) < 4.78 is 63.4. The first kappa shape index (κ1) is 25.6. The molecule has 4 rings (SSSR count). The molecule has 1 heterocycles. The summed E-state index contributed by atoms with van der Waals surface area (Å²) in [5, 5.41) is 1.62. The van der Waals surface area contributed by atoms with Crippen LogP contribution in [-0.4, -0.2) is 28.1 Å². The number of nitrogens with zero attached hydrogens (tertiary/aromatic N) is 1. The van der Waals surface area contributed by atoms with Gasteiger partial charge in [0, 0.05) is 17.2 Å². The number of anilines is 1. The lowest BCUT2D eigenvalue weighted by atomic mass is 9.93. The standard InChI is InChI=1S/C26H27F3N2O5/c1-16-20(6-5-7-23(16)33-3)25-21-12-18(26(27,28)29)9-11-22(21)31(30-36-15-35-25)14-17-8-10-19(32-2)13-24(17)34-4/h5-13,25,30H,14-15H2,1-4H3. The van der Waals surface area contributed by atoms with Crippen LogP contribution >= 0.6 is 0 Å². The van der Waals surface area contributed by atoms with E-state index in [2.05, 4.69) is 5.59 Å². The highest BCUT2D eigenvalue weighted by Gasteiger charge is 2.34. The molecule has 3 aromatic rings. The van der Waals surface area contributed by atoms with Gasteiger partial charge in [-0.25, -0.2) is 0 Å². The van der Waals surface area contributed by atoms with Gasteiger partial charge in [0.15, 0.2) is 6.79 Å². The molecule has 0 saturated heterocycles. The first-order chi connectivity index (χ1) is 17.3. The van der Waals surface area contributed by atoms with Crippen LogP contribution in [0.5, 0.6) is 17.2 Å². The third-order valence-electron chi connectivity index (χ3n) is 6.05. The molecular weight excluding hydrogens is 477 g/mol. The van der Waals surface area contributed by atoms with Gasteiger partial charge in [-0.2, -0.15) is 13.2 Å². The van der Waals surface area contributed by atoms with E-state index in [9.17, 15) is 13.2 Å². The van der Waals surface area contributed by atoms with Gasteiger partial charge in [0.25, 0.3) is 0 Å². The highest BCUT2D eigenvalue weighted by Crippen LogP contribution is 2.41. The lowest BCUT2D eigenvalue weighted by molar-refractivity contribution is -0.138. The molecule has 36 heavy (non-hydrogen) atoms. The molecule has 7 nitrogen and oxygen atoms in total. The monoisotopic (exact) mass is 504 g/mol. The maximum Gasteiger partial charge on any atom is 0.416 e. The number of benzene rings is 3. The third-order valence-corrected chi connectivity index (χ3v) is 6.05. The minimum atomic E-state index is -4.53. The Morgan fingerprint density at radius 3 is 2.42 bits per heavy atom. The van der Waals surface area contributed by atoms with Gasteiger partial charge in [0.05, 0.1) is 39.1 Å². The van der Waals surface area contributed by atoms with Crippen LogP contribution in [0, 0.1) is 6.92 Å². The van der Waals surface area contributed by atoms with Gasteiger partial charge in [0.1, 0.15) is 23.4 Å². The molecule has 0 fully saturated rings. The minimum Gasteiger partial charge on any atom is -0.497 e. The maximum absolute atomic E-state index is 13.7. The molecule has 0 amide bonds. The van der Waals surface area contributed by atoms with Crippen LogP contribution in [0.4, 0.5) is 18.9 Å². The predicted molar refractivity (Wildman–Crippen MR) is 127 cm³/mol. The van der Waals surface area contributed by atoms with Gasteiger partial charge in [-0.1, -0.05) is 12.1 Å². The molecule has 0 spiro atoms. The van der Waals surface area contributed by atoms with Crippen LogP contribution in [0.1, 0.15) is 33.9 Å². The number of nitrogens with one attached hydrogen (secondary N) is 1. The Morgan fingerprint density at radius 2 is 1.72 bits per heavy atom. The van der Waals surface area contributed by atoms with E-state index in [1.165, 1.54) is 20.3 Å². The molecule has 0 bridgehead atoms. The number of hydrazine groups is 1. The highest BCUT2D eigenvalue weighted by atomic mass is 19.4. The van der Waals surface area contributed by atoms with Crippen molar-refractivity contribution in [2.75, 3.05) is 33.1 Å². The summed E-state index contributed by atoms with van der Waals surface area (Å²) >= 11 is 0. The van der Waals surface area contributed by atoms with Crippen LogP contribution in [0.15, 0.2) is 54.6 Å². The van der Waals surface area contributed by atoms with Crippen molar-refractivity contribution < 1.29 is 37.0 Å². The summed E-state index contributed by atoms with van der Waals surface area (Å²) in [7, 11) is 4.63. The number of halogens is 3. The molecular formula is C26H27F3N2O5. The van der Waals surface area contributed by atoms with E-state index in [1.54, 1.807) is 42.5 Å². The molecule has 1 aliphatic rings. The smallest absolute Gasteiger partial charge is 0.416 e. The fraction of sp³-hybridized carbons (Fsp3) is 0.308. The number of fused-ring (bicyclic) bond motifs is 1. The Kier molecular flexibility index (Phi) is 7.58. The fourth-order valence-electron chi connectivity index (χ4n) is 4.20. The number of rotatable bonds is 6. The van der Waals surface area contributed by atoms with E-state index in [0.717, 1.165) is 23.3 Å². The average Bonchev–Trinajstić information content (AvgIpc) is 2.86. The van der Waals surface area contributed by atoms with Crippen molar-refractivity contribution in [3.8, 4) is 17.2 Å². The number of alkyl halides is 3. The van der Waals surface area contributed by atoms with E-state index in [0.29, 0.717) is 34.1 Å². The molecule has 1 unspecified atom stereocenters. The number of ether oxygens (including phenoxy) is 4. The molecule has 1 aliphatic heterocycles. The largest absolute Gasteiger partial charge is 0.497 e. The fourth-order valence-corrected chi connectivity index (χ4v) is 4.20. The van der Waals surface area contributed by atoms with E-state index in [4.69, 9.17) is 23.8 Å². The Balaban J connectivity index is 1.84. The number of hydrogen-bond acceptors (Lipinski definition) is 7. The minimum absolute atomic E-state index is 0.215. The summed E-state index contributed by atoms with van der Waals surface area (Å²) in [6, 6.07) is 14.3. The maximum atomic E-state index is 13.7. The topological polar surface area (TPSA) is 61.4 Å². The summed E-state index contributed by atoms with van der Waals surface area (Å²) in [6.45, 7) is 1.84. The summed E-state index contributed by atoms with van der Waals surface area (Å²) in [6.07, 6.45) is -5.38. The lowest BCUT2D eigenvalue weighted by Gasteiger charge is -2.34. The molecule has 1 atom stereocenters. The normalized spacial score (nSPS) is 16.1. The van der Waals surface area contributed by atoms with Crippen LogP contribution in [-0.2, 0) is 22.3 Å². The Hall–Kier alpha value is -3.47. The van der Waals surface area contributed by atoms with Gasteiger partial charge >= 0.3 is 6.18 Å². The van der Waals surface area contributed by atoms with Gasteiger partial charge in [-0.3, -0.25) is 9.85 Å². The first-order valence-corrected chi connectivity index (χ1v) is 11.1. The van der Waals surface area contributed by atoms with Crippen molar-refractivity contribution in [2.45, 2.75) is 25.7 Å². The van der Waals surface area contributed by atoms with Gasteiger partial charge in [0.2, 0.25) is 0 Å². The Labute approximate surface area is 207 Å². The molecule has 1 N–H and O–H groups in total. The second-order valence-electron chi connectivity index (χ2n) is 8.11. The molecule has 3 aromatic carbocycles. The number of hydrogen-bond donors (Lipinski definition) is 1. The second kappa shape index (κ2) is 10.7. The van der Waals surface area contributed by atoms with Crippen molar-refractivity contribution in [2.24, 2.45) is 0 Å². The van der Waals surface area contributed by atoms with Crippen molar-refractivity contribution in [3.63, 3.8) is 0 Å². The van der Waals surface area contributed by atoms with E-state index in [-0.39, 0.29) is 13.3 Å². The SMILES string of the molecule is COc1ccc(CN2NOCOC(c3cccc(OC)c3C)c3cc(C(F)(F)F)ccc32)c(OC)c1. The molecule has 0 saturated carbocycles. The molecule has 10 heteroatoms. The first-order valence-electron chi connectivity index (χ1n) is 11.1. The van der Waals surface area contributed by atoms with Gasteiger partial charge in [-0.05, 0) is 54.4 Å². The zero-order valence-corrected chi connectivity index (χ0v) is 20.3. The zero-order chi connectivity index (χ0) is 25.9. The Morgan fingerprint density at radius 1 is 0.944 bits per heavy atom. The van der Waals surface area contributed by atoms with Gasteiger partial charge < -0.3 is 18.9 Å². The van der Waals surface area contributed by atoms with Crippen molar-refractivity contribution >= 4 is 5.69 Å². The zero-order valence-electron chi connectivity index (χ0n) is 20.3. The summed E-state index contributed by atoms with van der Waals surface area (Å²) in [4.78, 5) is 5.51. The second-order valence-corrected chi connectivity index (χ2v) is 8.11. The van der Waals surface area contributed by atoms with E-state index >= 15 is 0 Å². The Bertz CT molecular complexity index is 1220. The average molecular weight is 505 g/mol. The molecule has 0 aliphatic carbocycles. The van der Waals surface area contributed by atoms with Crippen LogP contribution in [0.25, 0.3) is 0 Å². The molecule has 0 aromatic heterocycles. The number of methoxy groups -OCH3 is 3. The van der Waals surface area contributed by atoms with Crippen LogP contribution < -0.4 is 24.8 Å². The summed E-state index contributed by atoms with van der Waals surface area (Å²) in [5.41, 5.74) is 4.97. The molecule has 192 valence electrons. The molecule has 0 radical (unpaired) electrons. The highest BCUT2D eigenvalue weighted by molar-refractivity contribution is 5.59. The summed E-state index contributed by atoms with van der Waals surface area (Å²) in [5.74, 6) is 1.78. The van der Waals surface area contributed by atoms with Crippen molar-refractivity contribution in [3.05, 3.63) is 82.4 Å². The quantitative estimate of drug-likeness (QED) is 0.472. The van der Waals surface area contributed by atoms with Crippen molar-refractivity contribution in [1.82, 2.24) is 5.59 Å². The van der Waals surface area contributed by atoms with Crippen LogP contribution in [0.2, 0.25) is 0 Å². The third kappa shape index (κ3) is 5.20. The van der Waals surface area contributed by atoms with Crippen LogP contribution in [0.3, 0.4) is 0 Å².